The monoisotopic (exact) mass is 339 g/mol. The minimum absolute atomic E-state index is 0.208. The lowest BCUT2D eigenvalue weighted by Crippen LogP contribution is -2.25. The fraction of sp³-hybridized carbons (Fsp3) is 0.250. The second-order valence-corrected chi connectivity index (χ2v) is 6.89. The van der Waals surface area contributed by atoms with Gasteiger partial charge in [0.05, 0.1) is 11.5 Å². The van der Waals surface area contributed by atoms with Gasteiger partial charge < -0.3 is 4.74 Å². The fourth-order valence-electron chi connectivity index (χ4n) is 1.98. The molecule has 0 saturated carbocycles. The first-order valence-electron chi connectivity index (χ1n) is 6.98. The Hall–Kier alpha value is -1.56. The van der Waals surface area contributed by atoms with Crippen LogP contribution in [-0.4, -0.2) is 21.6 Å². The maximum Gasteiger partial charge on any atom is 0.240 e. The highest BCUT2D eigenvalue weighted by molar-refractivity contribution is 7.89. The molecule has 1 N–H and O–H groups in total. The third kappa shape index (κ3) is 4.73. The van der Waals surface area contributed by atoms with E-state index in [0.717, 1.165) is 11.3 Å². The molecule has 2 rings (SSSR count). The number of benzene rings is 2. The first kappa shape index (κ1) is 16.8. The van der Waals surface area contributed by atoms with Gasteiger partial charge in [0.15, 0.2) is 0 Å². The van der Waals surface area contributed by atoms with Crippen molar-refractivity contribution in [2.24, 2.45) is 0 Å². The van der Waals surface area contributed by atoms with E-state index in [9.17, 15) is 8.42 Å². The lowest BCUT2D eigenvalue weighted by molar-refractivity contribution is 0.340. The number of nitrogens with one attached hydrogen (secondary N) is 1. The zero-order valence-electron chi connectivity index (χ0n) is 12.3. The molecule has 2 aromatic carbocycles. The molecule has 0 unspecified atom stereocenters. The molecule has 0 aliphatic carbocycles. The van der Waals surface area contributed by atoms with Crippen LogP contribution in [0, 0.1) is 0 Å². The Labute approximate surface area is 136 Å². The minimum atomic E-state index is -3.51. The molecule has 6 heteroatoms. The van der Waals surface area contributed by atoms with Crippen molar-refractivity contribution in [3.8, 4) is 5.75 Å². The Morgan fingerprint density at radius 3 is 2.55 bits per heavy atom. The number of ether oxygens (including phenoxy) is 1. The Bertz CT molecular complexity index is 714. The summed E-state index contributed by atoms with van der Waals surface area (Å²) in [5, 5.41) is 0.506. The Morgan fingerprint density at radius 2 is 1.86 bits per heavy atom. The predicted octanol–water partition coefficient (Wildman–Crippen LogP) is 3.26. The fourth-order valence-corrected chi connectivity index (χ4v) is 3.14. The molecule has 4 nitrogen and oxygen atoms in total. The molecule has 2 aromatic rings. The van der Waals surface area contributed by atoms with Gasteiger partial charge >= 0.3 is 0 Å². The van der Waals surface area contributed by atoms with Gasteiger partial charge in [-0.2, -0.15) is 0 Å². The first-order valence-corrected chi connectivity index (χ1v) is 8.84. The average molecular weight is 340 g/mol. The topological polar surface area (TPSA) is 55.4 Å². The lowest BCUT2D eigenvalue weighted by Gasteiger charge is -2.08. The molecular formula is C16H18ClNO3S. The van der Waals surface area contributed by atoms with Crippen LogP contribution in [-0.2, 0) is 16.4 Å². The van der Waals surface area contributed by atoms with Crippen LogP contribution in [0.15, 0.2) is 53.4 Å². The van der Waals surface area contributed by atoms with Crippen LogP contribution >= 0.6 is 11.6 Å². The molecule has 0 spiro atoms. The van der Waals surface area contributed by atoms with Crippen LogP contribution in [0.3, 0.4) is 0 Å². The molecule has 0 fully saturated rings. The van der Waals surface area contributed by atoms with Crippen LogP contribution in [0.2, 0.25) is 5.02 Å². The lowest BCUT2D eigenvalue weighted by atomic mass is 10.1. The molecule has 0 aliphatic rings. The molecule has 0 radical (unpaired) electrons. The van der Waals surface area contributed by atoms with Crippen LogP contribution in [0.25, 0.3) is 0 Å². The summed E-state index contributed by atoms with van der Waals surface area (Å²) in [7, 11) is -3.51. The van der Waals surface area contributed by atoms with Crippen LogP contribution in [0.4, 0.5) is 0 Å². The zero-order chi connectivity index (χ0) is 16.0. The third-order valence-electron chi connectivity index (χ3n) is 3.04. The Balaban J connectivity index is 1.95. The van der Waals surface area contributed by atoms with E-state index in [0.29, 0.717) is 24.6 Å². The summed E-state index contributed by atoms with van der Waals surface area (Å²) >= 11 is 5.76. The Morgan fingerprint density at radius 1 is 1.14 bits per heavy atom. The van der Waals surface area contributed by atoms with Gasteiger partial charge in [-0.25, -0.2) is 13.1 Å². The number of hydrogen-bond donors (Lipinski definition) is 1. The molecule has 0 aromatic heterocycles. The molecule has 0 bridgehead atoms. The molecule has 22 heavy (non-hydrogen) atoms. The maximum atomic E-state index is 12.1. The van der Waals surface area contributed by atoms with E-state index in [2.05, 4.69) is 4.72 Å². The van der Waals surface area contributed by atoms with E-state index in [4.69, 9.17) is 16.3 Å². The van der Waals surface area contributed by atoms with Crippen LogP contribution in [0.5, 0.6) is 5.75 Å². The van der Waals surface area contributed by atoms with Crippen molar-refractivity contribution in [1.82, 2.24) is 4.72 Å². The molecule has 0 aliphatic heterocycles. The van der Waals surface area contributed by atoms with Crippen molar-refractivity contribution in [1.29, 1.82) is 0 Å². The van der Waals surface area contributed by atoms with E-state index >= 15 is 0 Å². The molecule has 0 heterocycles. The summed E-state index contributed by atoms with van der Waals surface area (Å²) < 4.78 is 32.3. The smallest absolute Gasteiger partial charge is 0.240 e. The maximum absolute atomic E-state index is 12.1. The summed E-state index contributed by atoms with van der Waals surface area (Å²) in [6.45, 7) is 2.85. The Kier molecular flexibility index (Phi) is 5.83. The highest BCUT2D eigenvalue weighted by Gasteiger charge is 2.12. The highest BCUT2D eigenvalue weighted by atomic mass is 35.5. The van der Waals surface area contributed by atoms with E-state index in [1.165, 1.54) is 12.1 Å². The van der Waals surface area contributed by atoms with E-state index in [1.807, 2.05) is 31.2 Å². The standard InChI is InChI=1S/C16H18ClNO3S/c1-2-21-15-5-3-4-13(12-15)10-11-18-22(19,20)16-8-6-14(17)7-9-16/h3-9,12,18H,2,10-11H2,1H3. The van der Waals surface area contributed by atoms with Gasteiger partial charge in [0.2, 0.25) is 10.0 Å². The zero-order valence-corrected chi connectivity index (χ0v) is 13.8. The van der Waals surface area contributed by atoms with Crippen molar-refractivity contribution in [2.75, 3.05) is 13.2 Å². The van der Waals surface area contributed by atoms with E-state index < -0.39 is 10.0 Å². The quantitative estimate of drug-likeness (QED) is 0.842. The van der Waals surface area contributed by atoms with E-state index in [1.54, 1.807) is 12.1 Å². The van der Waals surface area contributed by atoms with Gasteiger partial charge in [-0.3, -0.25) is 0 Å². The summed E-state index contributed by atoms with van der Waals surface area (Å²) in [6, 6.07) is 13.7. The van der Waals surface area contributed by atoms with Crippen molar-refractivity contribution in [3.05, 3.63) is 59.1 Å². The normalized spacial score (nSPS) is 11.4. The predicted molar refractivity (Wildman–Crippen MR) is 88.0 cm³/mol. The van der Waals surface area contributed by atoms with Gasteiger partial charge in [0.1, 0.15) is 5.75 Å². The number of sulfonamides is 1. The first-order chi connectivity index (χ1) is 10.5. The third-order valence-corrected chi connectivity index (χ3v) is 4.77. The molecule has 0 atom stereocenters. The van der Waals surface area contributed by atoms with Gasteiger partial charge in [0.25, 0.3) is 0 Å². The van der Waals surface area contributed by atoms with Crippen molar-refractivity contribution < 1.29 is 13.2 Å². The number of rotatable bonds is 7. The summed E-state index contributed by atoms with van der Waals surface area (Å²) in [5.74, 6) is 0.792. The minimum Gasteiger partial charge on any atom is -0.494 e. The van der Waals surface area contributed by atoms with Gasteiger partial charge in [-0.1, -0.05) is 23.7 Å². The molecular weight excluding hydrogens is 322 g/mol. The largest absolute Gasteiger partial charge is 0.494 e. The SMILES string of the molecule is CCOc1cccc(CCNS(=O)(=O)c2ccc(Cl)cc2)c1. The molecule has 0 saturated heterocycles. The van der Waals surface area contributed by atoms with Crippen LogP contribution < -0.4 is 9.46 Å². The van der Waals surface area contributed by atoms with Crippen molar-refractivity contribution in [3.63, 3.8) is 0 Å². The summed E-state index contributed by atoms with van der Waals surface area (Å²) in [4.78, 5) is 0.208. The van der Waals surface area contributed by atoms with Crippen molar-refractivity contribution in [2.45, 2.75) is 18.2 Å². The highest BCUT2D eigenvalue weighted by Crippen LogP contribution is 2.15. The number of hydrogen-bond acceptors (Lipinski definition) is 3. The second kappa shape index (κ2) is 7.63. The van der Waals surface area contributed by atoms with Gasteiger partial charge in [-0.15, -0.1) is 0 Å². The van der Waals surface area contributed by atoms with Crippen LogP contribution in [0.1, 0.15) is 12.5 Å². The number of halogens is 1. The molecule has 0 amide bonds. The van der Waals surface area contributed by atoms with E-state index in [-0.39, 0.29) is 4.90 Å². The van der Waals surface area contributed by atoms with Crippen molar-refractivity contribution >= 4 is 21.6 Å². The molecule has 118 valence electrons. The summed E-state index contributed by atoms with van der Waals surface area (Å²) in [5.41, 5.74) is 1.02. The summed E-state index contributed by atoms with van der Waals surface area (Å²) in [6.07, 6.45) is 0.591. The van der Waals surface area contributed by atoms with Gasteiger partial charge in [-0.05, 0) is 55.3 Å². The average Bonchev–Trinajstić information content (AvgIpc) is 2.48. The second-order valence-electron chi connectivity index (χ2n) is 4.68. The van der Waals surface area contributed by atoms with Gasteiger partial charge in [0, 0.05) is 11.6 Å².